The highest BCUT2D eigenvalue weighted by atomic mass is 32.2. The minimum absolute atomic E-state index is 0.0339. The van der Waals surface area contributed by atoms with E-state index in [1.807, 2.05) is 21.1 Å². The van der Waals surface area contributed by atoms with Crippen molar-refractivity contribution in [2.45, 2.75) is 115 Å². The van der Waals surface area contributed by atoms with Gasteiger partial charge in [0.25, 0.3) is 7.82 Å². The zero-order valence-corrected chi connectivity index (χ0v) is 24.0. The summed E-state index contributed by atoms with van der Waals surface area (Å²) in [7, 11) is 1.31. The molecule has 0 aliphatic carbocycles. The first kappa shape index (κ1) is 33.4. The lowest BCUT2D eigenvalue weighted by Crippen LogP contribution is -2.49. The van der Waals surface area contributed by atoms with Gasteiger partial charge in [-0.15, -0.1) is 0 Å². The fourth-order valence-electron chi connectivity index (χ4n) is 4.01. The van der Waals surface area contributed by atoms with E-state index in [4.69, 9.17) is 14.2 Å². The molecule has 200 valence electrons. The van der Waals surface area contributed by atoms with E-state index in [9.17, 15) is 9.46 Å². The van der Waals surface area contributed by atoms with E-state index < -0.39 is 7.82 Å². The van der Waals surface area contributed by atoms with Gasteiger partial charge in [-0.2, -0.15) is 11.8 Å². The van der Waals surface area contributed by atoms with Crippen molar-refractivity contribution in [1.29, 1.82) is 0 Å². The van der Waals surface area contributed by atoms with Gasteiger partial charge in [0, 0.05) is 18.8 Å². The first-order chi connectivity index (χ1) is 15.6. The Morgan fingerprint density at radius 3 is 1.73 bits per heavy atom. The van der Waals surface area contributed by atoms with Crippen LogP contribution >= 0.6 is 19.6 Å². The summed E-state index contributed by atoms with van der Waals surface area (Å²) in [6.45, 7) is 2.98. The van der Waals surface area contributed by atoms with Crippen molar-refractivity contribution in [2.75, 3.05) is 46.4 Å². The molecule has 0 heterocycles. The van der Waals surface area contributed by atoms with Gasteiger partial charge in [-0.1, -0.05) is 90.4 Å². The van der Waals surface area contributed by atoms with Crippen LogP contribution in [0, 0.1) is 0 Å². The van der Waals surface area contributed by atoms with Gasteiger partial charge in [-0.3, -0.25) is 4.57 Å². The third kappa shape index (κ3) is 22.6. The molecular weight excluding hydrogens is 457 g/mol. The summed E-state index contributed by atoms with van der Waals surface area (Å²) < 4.78 is 22.4. The van der Waals surface area contributed by atoms with Crippen LogP contribution in [0.5, 0.6) is 0 Å². The van der Waals surface area contributed by atoms with Crippen LogP contribution in [0.2, 0.25) is 0 Å². The molecule has 0 saturated heterocycles. The van der Waals surface area contributed by atoms with Gasteiger partial charge in [0.05, 0.1) is 27.2 Å². The number of hydrogen-bond acceptors (Lipinski definition) is 5. The summed E-state index contributed by atoms with van der Waals surface area (Å²) in [6.07, 6.45) is 21.6. The summed E-state index contributed by atoms with van der Waals surface area (Å²) in [6, 6.07) is -0.0760. The molecule has 33 heavy (non-hydrogen) atoms. The SMILES string of the molecule is CCCCCCCCCCCCCCCCOC(CSC)CC(COP(=O)([O-])O)[N+](C)(C)C. The fourth-order valence-corrected chi connectivity index (χ4v) is 4.97. The summed E-state index contributed by atoms with van der Waals surface area (Å²) in [4.78, 5) is 20.0. The molecule has 0 bridgehead atoms. The third-order valence-electron chi connectivity index (χ3n) is 6.26. The highest BCUT2D eigenvalue weighted by molar-refractivity contribution is 7.98. The second-order valence-electron chi connectivity index (χ2n) is 10.3. The lowest BCUT2D eigenvalue weighted by molar-refractivity contribution is -0.897. The Hall–Kier alpha value is 0.380. The van der Waals surface area contributed by atoms with Crippen molar-refractivity contribution in [2.24, 2.45) is 0 Å². The largest absolute Gasteiger partial charge is 0.756 e. The second-order valence-corrected chi connectivity index (χ2v) is 12.4. The number of phosphoric acid groups is 1. The predicted molar refractivity (Wildman–Crippen MR) is 141 cm³/mol. The molecule has 8 heteroatoms. The molecule has 0 radical (unpaired) electrons. The van der Waals surface area contributed by atoms with E-state index in [1.165, 1.54) is 83.5 Å². The van der Waals surface area contributed by atoms with Crippen LogP contribution in [0.15, 0.2) is 0 Å². The van der Waals surface area contributed by atoms with Crippen LogP contribution in [-0.4, -0.2) is 67.9 Å². The van der Waals surface area contributed by atoms with E-state index in [-0.39, 0.29) is 18.8 Å². The van der Waals surface area contributed by atoms with Crippen LogP contribution in [0.3, 0.4) is 0 Å². The minimum Gasteiger partial charge on any atom is -0.756 e. The number of unbranched alkanes of at least 4 members (excludes halogenated alkanes) is 13. The van der Waals surface area contributed by atoms with Crippen molar-refractivity contribution >= 4 is 19.6 Å². The van der Waals surface area contributed by atoms with Crippen LogP contribution in [-0.2, 0) is 13.8 Å². The number of hydrogen-bond donors (Lipinski definition) is 1. The summed E-state index contributed by atoms with van der Waals surface area (Å²) in [5.41, 5.74) is 0. The molecule has 0 rings (SSSR count). The van der Waals surface area contributed by atoms with Crippen molar-refractivity contribution in [1.82, 2.24) is 0 Å². The van der Waals surface area contributed by atoms with Crippen LogP contribution in [0.4, 0.5) is 0 Å². The number of thioether (sulfide) groups is 1. The smallest absolute Gasteiger partial charge is 0.265 e. The van der Waals surface area contributed by atoms with Gasteiger partial charge >= 0.3 is 0 Å². The molecule has 0 aliphatic rings. The fraction of sp³-hybridized carbons (Fsp3) is 1.00. The summed E-state index contributed by atoms with van der Waals surface area (Å²) in [5.74, 6) is 0.864. The number of rotatable bonds is 24. The highest BCUT2D eigenvalue weighted by Gasteiger charge is 2.29. The lowest BCUT2D eigenvalue weighted by atomic mass is 10.0. The molecule has 0 amide bonds. The van der Waals surface area contributed by atoms with Gasteiger partial charge in [-0.25, -0.2) is 0 Å². The molecule has 1 N–H and O–H groups in total. The average Bonchev–Trinajstić information content (AvgIpc) is 2.72. The van der Waals surface area contributed by atoms with E-state index in [2.05, 4.69) is 13.2 Å². The Balaban J connectivity index is 3.89. The number of nitrogens with zero attached hydrogens (tertiary/aromatic N) is 1. The molecule has 0 aromatic carbocycles. The molecule has 3 unspecified atom stereocenters. The lowest BCUT2D eigenvalue weighted by Gasteiger charge is -2.36. The van der Waals surface area contributed by atoms with Crippen LogP contribution in [0.25, 0.3) is 0 Å². The molecule has 0 saturated carbocycles. The Bertz CT molecular complexity index is 484. The molecule has 0 fully saturated rings. The van der Waals surface area contributed by atoms with E-state index >= 15 is 0 Å². The van der Waals surface area contributed by atoms with Crippen LogP contribution in [0.1, 0.15) is 103 Å². The Labute approximate surface area is 209 Å². The monoisotopic (exact) mass is 511 g/mol. The molecule has 3 atom stereocenters. The van der Waals surface area contributed by atoms with E-state index in [0.29, 0.717) is 10.9 Å². The molecule has 0 aromatic rings. The van der Waals surface area contributed by atoms with Crippen molar-refractivity contribution in [3.8, 4) is 0 Å². The average molecular weight is 512 g/mol. The maximum Gasteiger partial charge on any atom is 0.265 e. The Kier molecular flexibility index (Phi) is 20.8. The topological polar surface area (TPSA) is 78.8 Å². The van der Waals surface area contributed by atoms with Gasteiger partial charge in [0.1, 0.15) is 12.6 Å². The Morgan fingerprint density at radius 2 is 1.33 bits per heavy atom. The minimum atomic E-state index is -4.71. The highest BCUT2D eigenvalue weighted by Crippen LogP contribution is 2.31. The quantitative estimate of drug-likeness (QED) is 0.0950. The molecule has 0 aromatic heterocycles. The zero-order valence-electron chi connectivity index (χ0n) is 22.3. The van der Waals surface area contributed by atoms with Crippen molar-refractivity contribution < 1.29 is 28.1 Å². The van der Waals surface area contributed by atoms with Crippen molar-refractivity contribution in [3.05, 3.63) is 0 Å². The number of likely N-dealkylation sites (N-methyl/N-ethyl adjacent to an activating group) is 1. The third-order valence-corrected chi connectivity index (χ3v) is 7.44. The molecule has 0 spiro atoms. The Morgan fingerprint density at radius 1 is 0.879 bits per heavy atom. The molecule has 0 aliphatic heterocycles. The predicted octanol–water partition coefficient (Wildman–Crippen LogP) is 6.16. The summed E-state index contributed by atoms with van der Waals surface area (Å²) in [5, 5.41) is 0. The first-order valence-corrected chi connectivity index (χ1v) is 16.1. The van der Waals surface area contributed by atoms with Gasteiger partial charge in [0.2, 0.25) is 0 Å². The molecule has 6 nitrogen and oxygen atoms in total. The number of phosphoric ester groups is 1. The standard InChI is InChI=1S/C25H54NO5PS/c1-6-7-8-9-10-11-12-13-14-15-16-17-18-19-20-30-25(23-33-5)21-24(26(2,3)4)22-31-32(27,28)29/h24-25H,6-23H2,1-5H3,(H-,27,28,29). The van der Waals surface area contributed by atoms with Crippen molar-refractivity contribution in [3.63, 3.8) is 0 Å². The van der Waals surface area contributed by atoms with E-state index in [1.54, 1.807) is 11.8 Å². The van der Waals surface area contributed by atoms with Gasteiger partial charge in [0.15, 0.2) is 0 Å². The van der Waals surface area contributed by atoms with Crippen LogP contribution < -0.4 is 4.89 Å². The molecular formula is C25H54NO5PS. The van der Waals surface area contributed by atoms with Gasteiger partial charge in [-0.05, 0) is 12.7 Å². The second kappa shape index (κ2) is 20.6. The zero-order chi connectivity index (χ0) is 25.0. The number of ether oxygens (including phenoxy) is 1. The van der Waals surface area contributed by atoms with E-state index in [0.717, 1.165) is 18.8 Å². The maximum absolute atomic E-state index is 11.0. The summed E-state index contributed by atoms with van der Waals surface area (Å²) >= 11 is 1.73. The maximum atomic E-state index is 11.0. The number of quaternary nitrogens is 1. The van der Waals surface area contributed by atoms with Gasteiger partial charge < -0.3 is 23.5 Å². The normalized spacial score (nSPS) is 16.0. The first-order valence-electron chi connectivity index (χ1n) is 13.2.